The van der Waals surface area contributed by atoms with Crippen molar-refractivity contribution in [2.24, 2.45) is 4.99 Å². The van der Waals surface area contributed by atoms with Gasteiger partial charge in [-0.05, 0) is 31.2 Å². The molecule has 36 heavy (non-hydrogen) atoms. The SMILES string of the molecule is C#CCn1c(=NC(=O)c2ccccc2NS(=O)(=O)c2ccc(C)cc2)sc2cc3c(cc21)OCCO3. The van der Waals surface area contributed by atoms with Crippen molar-refractivity contribution in [1.82, 2.24) is 4.57 Å². The molecule has 0 spiro atoms. The third-order valence-corrected chi connectivity index (χ3v) is 7.95. The Bertz CT molecular complexity index is 1690. The second kappa shape index (κ2) is 9.53. The lowest BCUT2D eigenvalue weighted by Crippen LogP contribution is -2.19. The molecule has 182 valence electrons. The fraction of sp³-hybridized carbons (Fsp3) is 0.154. The molecule has 1 aliphatic rings. The second-order valence-corrected chi connectivity index (χ2v) is 10.7. The van der Waals surface area contributed by atoms with Gasteiger partial charge in [0.1, 0.15) is 13.2 Å². The zero-order chi connectivity index (χ0) is 25.3. The molecule has 10 heteroatoms. The zero-order valence-electron chi connectivity index (χ0n) is 19.2. The Kier molecular flexibility index (Phi) is 6.26. The second-order valence-electron chi connectivity index (χ2n) is 8.02. The molecule has 1 aromatic heterocycles. The predicted octanol–water partition coefficient (Wildman–Crippen LogP) is 3.96. The highest BCUT2D eigenvalue weighted by atomic mass is 32.2. The van der Waals surface area contributed by atoms with Gasteiger partial charge in [-0.3, -0.25) is 9.52 Å². The number of hydrogen-bond donors (Lipinski definition) is 1. The minimum atomic E-state index is -3.91. The monoisotopic (exact) mass is 519 g/mol. The average Bonchev–Trinajstić information content (AvgIpc) is 3.18. The Morgan fingerprint density at radius 3 is 2.53 bits per heavy atom. The lowest BCUT2D eigenvalue weighted by Gasteiger charge is -2.18. The van der Waals surface area contributed by atoms with Gasteiger partial charge < -0.3 is 14.0 Å². The molecule has 8 nitrogen and oxygen atoms in total. The Balaban J connectivity index is 1.55. The fourth-order valence-corrected chi connectivity index (χ4v) is 5.88. The number of carbonyl (C=O) groups is 1. The molecule has 0 radical (unpaired) electrons. The number of carbonyl (C=O) groups excluding carboxylic acids is 1. The number of amides is 1. The predicted molar refractivity (Wildman–Crippen MR) is 138 cm³/mol. The van der Waals surface area contributed by atoms with E-state index in [1.807, 2.05) is 19.1 Å². The van der Waals surface area contributed by atoms with Crippen LogP contribution in [0.3, 0.4) is 0 Å². The number of rotatable bonds is 5. The van der Waals surface area contributed by atoms with Crippen LogP contribution < -0.4 is 19.0 Å². The van der Waals surface area contributed by atoms with Gasteiger partial charge >= 0.3 is 0 Å². The van der Waals surface area contributed by atoms with Crippen LogP contribution in [0.4, 0.5) is 5.69 Å². The first-order valence-electron chi connectivity index (χ1n) is 11.0. The van der Waals surface area contributed by atoms with Gasteiger partial charge in [0.2, 0.25) is 0 Å². The summed E-state index contributed by atoms with van der Waals surface area (Å²) in [6, 6.07) is 16.5. The first-order chi connectivity index (χ1) is 17.4. The Labute approximate surface area is 211 Å². The van der Waals surface area contributed by atoms with Gasteiger partial charge in [0.05, 0.1) is 32.9 Å². The molecule has 0 saturated carbocycles. The summed E-state index contributed by atoms with van der Waals surface area (Å²) in [5.74, 6) is 3.21. The van der Waals surface area contributed by atoms with E-state index >= 15 is 0 Å². The van der Waals surface area contributed by atoms with E-state index in [0.717, 1.165) is 15.8 Å². The number of anilines is 1. The normalized spacial score (nSPS) is 13.4. The first-order valence-corrected chi connectivity index (χ1v) is 13.3. The lowest BCUT2D eigenvalue weighted by atomic mass is 10.2. The van der Waals surface area contributed by atoms with Crippen molar-refractivity contribution in [3.63, 3.8) is 0 Å². The highest BCUT2D eigenvalue weighted by Crippen LogP contribution is 2.35. The number of nitrogens with zero attached hydrogens (tertiary/aromatic N) is 2. The van der Waals surface area contributed by atoms with Gasteiger partial charge in [0.15, 0.2) is 16.3 Å². The molecule has 0 saturated heterocycles. The quantitative estimate of drug-likeness (QED) is 0.403. The standard InChI is InChI=1S/C26H21N3O5S2/c1-3-12-29-21-15-22-23(34-14-13-33-22)16-24(21)35-26(29)27-25(30)19-6-4-5-7-20(19)28-36(31,32)18-10-8-17(2)9-11-18/h1,4-11,15-16,28H,12-14H2,2H3. The van der Waals surface area contributed by atoms with Crippen LogP contribution in [-0.2, 0) is 16.6 Å². The maximum atomic E-state index is 13.3. The summed E-state index contributed by atoms with van der Waals surface area (Å²) < 4.78 is 42.3. The minimum Gasteiger partial charge on any atom is -0.486 e. The van der Waals surface area contributed by atoms with E-state index in [4.69, 9.17) is 15.9 Å². The highest BCUT2D eigenvalue weighted by Gasteiger charge is 2.20. The van der Waals surface area contributed by atoms with E-state index < -0.39 is 15.9 Å². The van der Waals surface area contributed by atoms with Gasteiger partial charge in [0, 0.05) is 12.1 Å². The van der Waals surface area contributed by atoms with Crippen molar-refractivity contribution in [2.75, 3.05) is 17.9 Å². The van der Waals surface area contributed by atoms with E-state index in [1.54, 1.807) is 28.8 Å². The third-order valence-electron chi connectivity index (χ3n) is 5.53. The molecule has 5 rings (SSSR count). The van der Waals surface area contributed by atoms with Crippen LogP contribution in [0.25, 0.3) is 10.2 Å². The molecule has 0 unspecified atom stereocenters. The summed E-state index contributed by atoms with van der Waals surface area (Å²) in [6.07, 6.45) is 5.59. The molecule has 3 aromatic carbocycles. The number of nitrogens with one attached hydrogen (secondary N) is 1. The van der Waals surface area contributed by atoms with Gasteiger partial charge in [-0.25, -0.2) is 8.42 Å². The summed E-state index contributed by atoms with van der Waals surface area (Å²) in [7, 11) is -3.91. The van der Waals surface area contributed by atoms with Crippen LogP contribution in [-0.4, -0.2) is 32.1 Å². The number of aromatic nitrogens is 1. The number of aryl methyl sites for hydroxylation is 1. The molecule has 0 fully saturated rings. The van der Waals surface area contributed by atoms with Crippen molar-refractivity contribution in [3.05, 3.63) is 76.6 Å². The van der Waals surface area contributed by atoms with Crippen LogP contribution in [0, 0.1) is 19.3 Å². The Morgan fingerprint density at radius 2 is 1.81 bits per heavy atom. The zero-order valence-corrected chi connectivity index (χ0v) is 20.9. The third kappa shape index (κ3) is 4.58. The van der Waals surface area contributed by atoms with Crippen LogP contribution >= 0.6 is 11.3 Å². The molecular weight excluding hydrogens is 498 g/mol. The maximum absolute atomic E-state index is 13.3. The molecule has 1 N–H and O–H groups in total. The maximum Gasteiger partial charge on any atom is 0.281 e. The molecule has 0 atom stereocenters. The van der Waals surface area contributed by atoms with Gasteiger partial charge in [-0.1, -0.05) is 47.1 Å². The van der Waals surface area contributed by atoms with Crippen LogP contribution in [0.15, 0.2) is 70.6 Å². The summed E-state index contributed by atoms with van der Waals surface area (Å²) in [5, 5.41) is 0. The van der Waals surface area contributed by atoms with E-state index in [-0.39, 0.29) is 22.7 Å². The molecule has 0 aliphatic carbocycles. The number of sulfonamides is 1. The Morgan fingerprint density at radius 1 is 1.11 bits per heavy atom. The Hall–Kier alpha value is -4.07. The molecule has 1 amide bonds. The van der Waals surface area contributed by atoms with Crippen LogP contribution in [0.5, 0.6) is 11.5 Å². The largest absolute Gasteiger partial charge is 0.486 e. The van der Waals surface area contributed by atoms with Crippen molar-refractivity contribution in [2.45, 2.75) is 18.4 Å². The van der Waals surface area contributed by atoms with Gasteiger partial charge in [0.25, 0.3) is 15.9 Å². The average molecular weight is 520 g/mol. The van der Waals surface area contributed by atoms with Crippen molar-refractivity contribution < 1.29 is 22.7 Å². The number of hydrogen-bond acceptors (Lipinski definition) is 6. The van der Waals surface area contributed by atoms with E-state index in [9.17, 15) is 13.2 Å². The van der Waals surface area contributed by atoms with Crippen LogP contribution in [0.2, 0.25) is 0 Å². The molecule has 2 heterocycles. The van der Waals surface area contributed by atoms with Crippen LogP contribution in [0.1, 0.15) is 15.9 Å². The summed E-state index contributed by atoms with van der Waals surface area (Å²) in [5.41, 5.74) is 1.95. The number of ether oxygens (including phenoxy) is 2. The summed E-state index contributed by atoms with van der Waals surface area (Å²) in [4.78, 5) is 18.1. The summed E-state index contributed by atoms with van der Waals surface area (Å²) in [6.45, 7) is 2.96. The number of para-hydroxylation sites is 1. The summed E-state index contributed by atoms with van der Waals surface area (Å²) >= 11 is 1.28. The molecule has 1 aliphatic heterocycles. The van der Waals surface area contributed by atoms with Gasteiger partial charge in [-0.15, -0.1) is 6.42 Å². The topological polar surface area (TPSA) is 99.0 Å². The number of fused-ring (bicyclic) bond motifs is 2. The fourth-order valence-electron chi connectivity index (χ4n) is 3.76. The first kappa shape index (κ1) is 23.7. The number of benzene rings is 3. The molecular formula is C26H21N3O5S2. The number of thiazole rings is 1. The minimum absolute atomic E-state index is 0.0945. The van der Waals surface area contributed by atoms with Gasteiger partial charge in [-0.2, -0.15) is 4.99 Å². The highest BCUT2D eigenvalue weighted by molar-refractivity contribution is 7.92. The lowest BCUT2D eigenvalue weighted by molar-refractivity contribution is 0.0998. The van der Waals surface area contributed by atoms with Crippen molar-refractivity contribution in [3.8, 4) is 23.8 Å². The number of terminal acetylenes is 1. The molecule has 4 aromatic rings. The smallest absolute Gasteiger partial charge is 0.281 e. The van der Waals surface area contributed by atoms with E-state index in [0.29, 0.717) is 29.5 Å². The van der Waals surface area contributed by atoms with Crippen molar-refractivity contribution >= 4 is 43.2 Å². The van der Waals surface area contributed by atoms with E-state index in [2.05, 4.69) is 15.6 Å². The van der Waals surface area contributed by atoms with Crippen molar-refractivity contribution in [1.29, 1.82) is 0 Å². The molecule has 0 bridgehead atoms. The van der Waals surface area contributed by atoms with E-state index in [1.165, 1.54) is 35.6 Å².